The summed E-state index contributed by atoms with van der Waals surface area (Å²) in [7, 11) is 0. The monoisotopic (exact) mass is 326 g/mol. The van der Waals surface area contributed by atoms with Crippen molar-refractivity contribution in [1.29, 1.82) is 0 Å². The predicted octanol–water partition coefficient (Wildman–Crippen LogP) is 2.29. The number of carbonyl (C=O) groups excluding carboxylic acids is 1. The molecular weight excluding hydrogens is 302 g/mol. The van der Waals surface area contributed by atoms with Gasteiger partial charge in [0, 0.05) is 50.0 Å². The number of hydrogen-bond acceptors (Lipinski definition) is 3. The molecule has 5 nitrogen and oxygen atoms in total. The van der Waals surface area contributed by atoms with E-state index in [4.69, 9.17) is 0 Å². The topological polar surface area (TPSA) is 47.7 Å². The van der Waals surface area contributed by atoms with Crippen molar-refractivity contribution in [3.05, 3.63) is 48.2 Å². The van der Waals surface area contributed by atoms with Gasteiger partial charge >= 0.3 is 0 Å². The zero-order chi connectivity index (χ0) is 17.1. The molecule has 0 spiro atoms. The number of rotatable bonds is 3. The Morgan fingerprint density at radius 1 is 1.25 bits per heavy atom. The van der Waals surface area contributed by atoms with Crippen LogP contribution in [0, 0.1) is 6.92 Å². The van der Waals surface area contributed by atoms with E-state index in [1.807, 2.05) is 55.2 Å². The van der Waals surface area contributed by atoms with Crippen molar-refractivity contribution in [3.8, 4) is 0 Å². The standard InChI is InChI=1S/C19H24N3O2/c1-3-4-9-19(23)21-12-10-20(11-13-21)18-14-15(2)22(24)17-8-6-5-7-16(17)18/h4-9,14,24H,3,10-13H2,1-2H3/q+1. The number of pyridine rings is 1. The number of aromatic nitrogens is 1. The number of para-hydroxylation sites is 1. The lowest BCUT2D eigenvalue weighted by Gasteiger charge is -2.35. The first-order valence-corrected chi connectivity index (χ1v) is 8.46. The SMILES string of the molecule is CCC=CC(=O)N1CCN(c2cc(C)[n+](O)c3ccccc23)CC1. The molecule has 1 aromatic carbocycles. The summed E-state index contributed by atoms with van der Waals surface area (Å²) in [4.78, 5) is 16.3. The fourth-order valence-electron chi connectivity index (χ4n) is 3.16. The molecular formula is C19H24N3O2+. The number of hydrogen-bond donors (Lipinski definition) is 1. The Hall–Kier alpha value is -2.56. The van der Waals surface area contributed by atoms with Crippen LogP contribution in [0.25, 0.3) is 10.9 Å². The van der Waals surface area contributed by atoms with Crippen LogP contribution in [0.4, 0.5) is 5.69 Å². The normalized spacial score (nSPS) is 15.4. The molecule has 0 unspecified atom stereocenters. The number of anilines is 1. The molecule has 2 aromatic rings. The Balaban J connectivity index is 1.82. The summed E-state index contributed by atoms with van der Waals surface area (Å²) in [6, 6.07) is 9.86. The minimum Gasteiger partial charge on any atom is -0.367 e. The molecule has 1 amide bonds. The van der Waals surface area contributed by atoms with Gasteiger partial charge in [0.25, 0.3) is 5.52 Å². The molecule has 0 saturated carbocycles. The maximum absolute atomic E-state index is 12.1. The van der Waals surface area contributed by atoms with Crippen LogP contribution in [0.3, 0.4) is 0 Å². The average molecular weight is 326 g/mol. The average Bonchev–Trinajstić information content (AvgIpc) is 2.63. The van der Waals surface area contributed by atoms with Crippen LogP contribution >= 0.6 is 0 Å². The molecule has 24 heavy (non-hydrogen) atoms. The number of fused-ring (bicyclic) bond motifs is 1. The number of piperazine rings is 1. The van der Waals surface area contributed by atoms with Crippen LogP contribution in [0.1, 0.15) is 19.0 Å². The number of allylic oxidation sites excluding steroid dienone is 1. The van der Waals surface area contributed by atoms with Gasteiger partial charge in [0.1, 0.15) is 0 Å². The Morgan fingerprint density at radius 2 is 1.96 bits per heavy atom. The van der Waals surface area contributed by atoms with E-state index in [1.54, 1.807) is 6.08 Å². The molecule has 0 bridgehead atoms. The van der Waals surface area contributed by atoms with Gasteiger partial charge < -0.3 is 9.80 Å². The second kappa shape index (κ2) is 6.91. The maximum Gasteiger partial charge on any atom is 0.266 e. The van der Waals surface area contributed by atoms with E-state index < -0.39 is 0 Å². The Morgan fingerprint density at radius 3 is 2.67 bits per heavy atom. The molecule has 1 saturated heterocycles. The molecule has 0 atom stereocenters. The van der Waals surface area contributed by atoms with E-state index in [-0.39, 0.29) is 5.91 Å². The molecule has 1 fully saturated rings. The summed E-state index contributed by atoms with van der Waals surface area (Å²) >= 11 is 0. The third kappa shape index (κ3) is 3.07. The Bertz CT molecular complexity index is 778. The molecule has 5 heteroatoms. The summed E-state index contributed by atoms with van der Waals surface area (Å²) in [6.07, 6.45) is 4.46. The molecule has 1 N–H and O–H groups in total. The van der Waals surface area contributed by atoms with Gasteiger partial charge in [-0.1, -0.05) is 25.1 Å². The minimum absolute atomic E-state index is 0.0961. The molecule has 0 aliphatic carbocycles. The van der Waals surface area contributed by atoms with Crippen molar-refractivity contribution < 1.29 is 14.7 Å². The molecule has 1 aromatic heterocycles. The lowest BCUT2D eigenvalue weighted by atomic mass is 10.1. The van der Waals surface area contributed by atoms with Crippen LogP contribution in [-0.4, -0.2) is 42.2 Å². The fraction of sp³-hybridized carbons (Fsp3) is 0.368. The summed E-state index contributed by atoms with van der Waals surface area (Å²) in [5.41, 5.74) is 2.72. The summed E-state index contributed by atoms with van der Waals surface area (Å²) < 4.78 is 1.23. The van der Waals surface area contributed by atoms with Gasteiger partial charge in [0.2, 0.25) is 11.6 Å². The smallest absolute Gasteiger partial charge is 0.266 e. The van der Waals surface area contributed by atoms with Gasteiger partial charge in [-0.05, 0) is 18.6 Å². The van der Waals surface area contributed by atoms with Gasteiger partial charge in [-0.25, -0.2) is 0 Å². The molecule has 1 aliphatic rings. The molecule has 126 valence electrons. The van der Waals surface area contributed by atoms with Gasteiger partial charge in [0.15, 0.2) is 0 Å². The fourth-order valence-corrected chi connectivity index (χ4v) is 3.16. The molecule has 2 heterocycles. The van der Waals surface area contributed by atoms with E-state index >= 15 is 0 Å². The summed E-state index contributed by atoms with van der Waals surface area (Å²) in [5, 5.41) is 11.2. The number of benzene rings is 1. The first-order chi connectivity index (χ1) is 11.6. The van der Waals surface area contributed by atoms with Crippen LogP contribution in [0.5, 0.6) is 0 Å². The largest absolute Gasteiger partial charge is 0.367 e. The predicted molar refractivity (Wildman–Crippen MR) is 94.3 cm³/mol. The Kier molecular flexibility index (Phi) is 4.69. The van der Waals surface area contributed by atoms with E-state index in [2.05, 4.69) is 4.90 Å². The number of aryl methyl sites for hydroxylation is 1. The second-order valence-corrected chi connectivity index (χ2v) is 6.12. The van der Waals surface area contributed by atoms with Crippen LogP contribution in [0.15, 0.2) is 42.5 Å². The van der Waals surface area contributed by atoms with E-state index in [1.165, 1.54) is 4.73 Å². The first-order valence-electron chi connectivity index (χ1n) is 8.46. The number of amides is 1. The van der Waals surface area contributed by atoms with Crippen molar-refractivity contribution in [2.24, 2.45) is 0 Å². The minimum atomic E-state index is 0.0961. The van der Waals surface area contributed by atoms with Crippen LogP contribution in [0.2, 0.25) is 0 Å². The summed E-state index contributed by atoms with van der Waals surface area (Å²) in [5.74, 6) is 0.0961. The highest BCUT2D eigenvalue weighted by atomic mass is 16.5. The quantitative estimate of drug-likeness (QED) is 0.535. The highest BCUT2D eigenvalue weighted by Gasteiger charge is 2.24. The van der Waals surface area contributed by atoms with E-state index in [9.17, 15) is 10.0 Å². The zero-order valence-corrected chi connectivity index (χ0v) is 14.3. The van der Waals surface area contributed by atoms with Crippen LogP contribution in [-0.2, 0) is 4.79 Å². The van der Waals surface area contributed by atoms with Crippen molar-refractivity contribution in [3.63, 3.8) is 0 Å². The molecule has 3 rings (SSSR count). The van der Waals surface area contributed by atoms with E-state index in [0.29, 0.717) is 13.1 Å². The van der Waals surface area contributed by atoms with Crippen molar-refractivity contribution in [2.45, 2.75) is 20.3 Å². The third-order valence-electron chi connectivity index (χ3n) is 4.52. The van der Waals surface area contributed by atoms with Crippen LogP contribution < -0.4 is 9.63 Å². The highest BCUT2D eigenvalue weighted by Crippen LogP contribution is 2.26. The van der Waals surface area contributed by atoms with Crippen molar-refractivity contribution >= 4 is 22.5 Å². The van der Waals surface area contributed by atoms with Crippen molar-refractivity contribution in [1.82, 2.24) is 4.90 Å². The summed E-state index contributed by atoms with van der Waals surface area (Å²) in [6.45, 7) is 6.95. The second-order valence-electron chi connectivity index (χ2n) is 6.12. The number of nitrogens with zero attached hydrogens (tertiary/aromatic N) is 3. The Labute approximate surface area is 142 Å². The lowest BCUT2D eigenvalue weighted by Crippen LogP contribution is -2.48. The lowest BCUT2D eigenvalue weighted by molar-refractivity contribution is -0.888. The molecule has 0 radical (unpaired) electrons. The third-order valence-corrected chi connectivity index (χ3v) is 4.52. The maximum atomic E-state index is 12.1. The highest BCUT2D eigenvalue weighted by molar-refractivity contribution is 5.90. The van der Waals surface area contributed by atoms with Crippen molar-refractivity contribution in [2.75, 3.05) is 31.1 Å². The number of carbonyl (C=O) groups is 1. The van der Waals surface area contributed by atoms with Gasteiger partial charge in [-0.15, -0.1) is 0 Å². The van der Waals surface area contributed by atoms with Gasteiger partial charge in [-0.3, -0.25) is 10.0 Å². The van der Waals surface area contributed by atoms with Gasteiger partial charge in [0.05, 0.1) is 11.1 Å². The zero-order valence-electron chi connectivity index (χ0n) is 14.3. The van der Waals surface area contributed by atoms with Gasteiger partial charge in [-0.2, -0.15) is 0 Å². The van der Waals surface area contributed by atoms with E-state index in [0.717, 1.165) is 41.8 Å². The first kappa shape index (κ1) is 16.3. The molecule has 1 aliphatic heterocycles.